The average Bonchev–Trinajstić information content (AvgIpc) is 2.86. The molecule has 0 N–H and O–H groups in total. The Bertz CT molecular complexity index is 539. The highest BCUT2D eigenvalue weighted by Gasteiger charge is 2.37. The summed E-state index contributed by atoms with van der Waals surface area (Å²) in [6.07, 6.45) is -3.80. The smallest absolute Gasteiger partial charge is 0.419 e. The number of aromatic nitrogens is 2. The van der Waals surface area contributed by atoms with Crippen LogP contribution in [0.5, 0.6) is 0 Å². The van der Waals surface area contributed by atoms with Gasteiger partial charge >= 0.3 is 12.1 Å². The molecule has 21 heavy (non-hydrogen) atoms. The predicted molar refractivity (Wildman–Crippen MR) is 68.8 cm³/mol. The van der Waals surface area contributed by atoms with Crippen LogP contribution in [0, 0.1) is 0 Å². The van der Waals surface area contributed by atoms with Crippen molar-refractivity contribution in [3.05, 3.63) is 16.8 Å². The molecule has 1 aliphatic rings. The summed E-state index contributed by atoms with van der Waals surface area (Å²) in [5.74, 6) is -0.414. The summed E-state index contributed by atoms with van der Waals surface area (Å²) in [6.45, 7) is 2.08. The molecule has 0 aromatic carbocycles. The van der Waals surface area contributed by atoms with Crippen molar-refractivity contribution in [1.82, 2.24) is 10.2 Å². The average molecular weight is 324 g/mol. The fraction of sp³-hybridized carbons (Fsp3) is 0.583. The van der Waals surface area contributed by atoms with Crippen molar-refractivity contribution in [1.29, 1.82) is 0 Å². The van der Waals surface area contributed by atoms with E-state index in [-0.39, 0.29) is 12.2 Å². The van der Waals surface area contributed by atoms with Gasteiger partial charge in [-0.1, -0.05) is 18.5 Å². The highest BCUT2D eigenvalue weighted by Crippen LogP contribution is 2.36. The number of hydrogen-bond donors (Lipinski definition) is 0. The van der Waals surface area contributed by atoms with Gasteiger partial charge in [0, 0.05) is 19.4 Å². The van der Waals surface area contributed by atoms with Gasteiger partial charge in [0.25, 0.3) is 0 Å². The van der Waals surface area contributed by atoms with Crippen molar-refractivity contribution < 1.29 is 22.7 Å². The maximum Gasteiger partial charge on any atom is 0.419 e. The molecule has 0 radical (unpaired) electrons. The lowest BCUT2D eigenvalue weighted by Crippen LogP contribution is -2.34. The molecular formula is C12H13ClF3N3O2. The number of anilines is 1. The molecule has 1 fully saturated rings. The zero-order valence-electron chi connectivity index (χ0n) is 11.2. The largest absolute Gasteiger partial charge is 0.442 e. The number of esters is 1. The Morgan fingerprint density at radius 3 is 2.86 bits per heavy atom. The van der Waals surface area contributed by atoms with Crippen LogP contribution >= 0.6 is 11.6 Å². The van der Waals surface area contributed by atoms with Gasteiger partial charge in [0.2, 0.25) is 0 Å². The first-order valence-corrected chi connectivity index (χ1v) is 6.77. The molecule has 0 spiro atoms. The summed E-state index contributed by atoms with van der Waals surface area (Å²) >= 11 is 5.43. The minimum Gasteiger partial charge on any atom is -0.442 e. The molecule has 0 aliphatic carbocycles. The maximum atomic E-state index is 12.8. The Balaban J connectivity index is 2.26. The van der Waals surface area contributed by atoms with Gasteiger partial charge in [0.05, 0.1) is 5.56 Å². The van der Waals surface area contributed by atoms with Gasteiger partial charge in [-0.3, -0.25) is 4.79 Å². The Morgan fingerprint density at radius 2 is 2.24 bits per heavy atom. The first kappa shape index (κ1) is 15.8. The van der Waals surface area contributed by atoms with E-state index >= 15 is 0 Å². The van der Waals surface area contributed by atoms with E-state index in [1.807, 2.05) is 0 Å². The summed E-state index contributed by atoms with van der Waals surface area (Å²) in [6, 6.07) is 0.827. The minimum atomic E-state index is -4.61. The first-order chi connectivity index (χ1) is 9.82. The Morgan fingerprint density at radius 1 is 1.52 bits per heavy atom. The van der Waals surface area contributed by atoms with E-state index in [1.54, 1.807) is 6.92 Å². The monoisotopic (exact) mass is 323 g/mol. The predicted octanol–water partition coefficient (Wildman–Crippen LogP) is 3.03. The van der Waals surface area contributed by atoms with E-state index in [1.165, 1.54) is 4.90 Å². The zero-order chi connectivity index (χ0) is 15.6. The molecule has 9 heteroatoms. The highest BCUT2D eigenvalue weighted by atomic mass is 35.5. The van der Waals surface area contributed by atoms with Crippen molar-refractivity contribution in [2.45, 2.75) is 38.6 Å². The molecule has 5 nitrogen and oxygen atoms in total. The Labute approximate surface area is 124 Å². The van der Waals surface area contributed by atoms with Gasteiger partial charge < -0.3 is 9.64 Å². The lowest BCUT2D eigenvalue weighted by molar-refractivity contribution is -0.148. The minimum absolute atomic E-state index is 0.00173. The molecule has 1 aliphatic heterocycles. The molecule has 0 amide bonds. The van der Waals surface area contributed by atoms with Crippen LogP contribution in [0.1, 0.15) is 31.7 Å². The summed E-state index contributed by atoms with van der Waals surface area (Å²) in [4.78, 5) is 12.8. The molecule has 1 aromatic rings. The molecule has 116 valence electrons. The molecule has 0 saturated carbocycles. The number of ether oxygens (including phenoxy) is 1. The van der Waals surface area contributed by atoms with Crippen LogP contribution in [-0.4, -0.2) is 28.9 Å². The molecule has 1 aromatic heterocycles. The molecular weight excluding hydrogens is 311 g/mol. The van der Waals surface area contributed by atoms with E-state index < -0.39 is 29.1 Å². The second-order valence-electron chi connectivity index (χ2n) is 4.54. The highest BCUT2D eigenvalue weighted by molar-refractivity contribution is 6.30. The third kappa shape index (κ3) is 3.55. The quantitative estimate of drug-likeness (QED) is 0.800. The van der Waals surface area contributed by atoms with Gasteiger partial charge in [-0.2, -0.15) is 13.2 Å². The molecule has 2 rings (SSSR count). The van der Waals surface area contributed by atoms with Crippen molar-refractivity contribution in [3.8, 4) is 0 Å². The van der Waals surface area contributed by atoms with E-state index in [0.29, 0.717) is 19.4 Å². The number of carbonyl (C=O) groups excluding carboxylic acids is 1. The number of hydrogen-bond acceptors (Lipinski definition) is 5. The summed E-state index contributed by atoms with van der Waals surface area (Å²) < 4.78 is 43.7. The van der Waals surface area contributed by atoms with Crippen LogP contribution in [-0.2, 0) is 15.7 Å². The molecule has 2 heterocycles. The normalized spacial score (nSPS) is 18.9. The third-order valence-corrected chi connectivity index (χ3v) is 3.37. The number of halogens is 4. The van der Waals surface area contributed by atoms with Crippen molar-refractivity contribution in [3.63, 3.8) is 0 Å². The van der Waals surface area contributed by atoms with E-state index in [2.05, 4.69) is 10.2 Å². The second-order valence-corrected chi connectivity index (χ2v) is 4.90. The zero-order valence-corrected chi connectivity index (χ0v) is 11.9. The molecule has 0 bridgehead atoms. The number of nitrogens with zero attached hydrogens (tertiary/aromatic N) is 3. The van der Waals surface area contributed by atoms with Gasteiger partial charge in [-0.05, 0) is 12.5 Å². The number of alkyl halides is 3. The second kappa shape index (κ2) is 6.05. The van der Waals surface area contributed by atoms with Gasteiger partial charge in [0.15, 0.2) is 17.2 Å². The third-order valence-electron chi connectivity index (χ3n) is 3.09. The SMILES string of the molecule is CCC(=O)O[C@@H]1CCCN1c1cc(C(F)(F)F)c(Cl)nn1. The van der Waals surface area contributed by atoms with Crippen LogP contribution < -0.4 is 4.90 Å². The standard InChI is InChI=1S/C12H13ClF3N3O2/c1-2-10(20)21-9-4-3-5-19(9)8-6-7(12(14,15)16)11(13)18-17-8/h6,9H,2-5H2,1H3/t9-/m1/s1. The van der Waals surface area contributed by atoms with E-state index in [0.717, 1.165) is 6.07 Å². The van der Waals surface area contributed by atoms with Crippen molar-refractivity contribution in [2.24, 2.45) is 0 Å². The fourth-order valence-electron chi connectivity index (χ4n) is 2.06. The lowest BCUT2D eigenvalue weighted by atomic mass is 10.3. The topological polar surface area (TPSA) is 55.3 Å². The Hall–Kier alpha value is -1.57. The van der Waals surface area contributed by atoms with Crippen LogP contribution in [0.15, 0.2) is 6.07 Å². The van der Waals surface area contributed by atoms with Gasteiger partial charge in [-0.25, -0.2) is 0 Å². The lowest BCUT2D eigenvalue weighted by Gasteiger charge is -2.25. The first-order valence-electron chi connectivity index (χ1n) is 6.39. The van der Waals surface area contributed by atoms with Crippen LogP contribution in [0.2, 0.25) is 5.15 Å². The molecule has 1 atom stereocenters. The number of rotatable bonds is 3. The van der Waals surface area contributed by atoms with Crippen molar-refractivity contribution >= 4 is 23.4 Å². The van der Waals surface area contributed by atoms with Crippen molar-refractivity contribution in [2.75, 3.05) is 11.4 Å². The van der Waals surface area contributed by atoms with Gasteiger partial charge in [-0.15, -0.1) is 10.2 Å². The van der Waals surface area contributed by atoms with Crippen LogP contribution in [0.4, 0.5) is 19.0 Å². The number of carbonyl (C=O) groups is 1. The summed E-state index contributed by atoms with van der Waals surface area (Å²) in [5.41, 5.74) is -1.05. The Kier molecular flexibility index (Phi) is 4.55. The molecule has 1 saturated heterocycles. The van der Waals surface area contributed by atoms with E-state index in [4.69, 9.17) is 16.3 Å². The van der Waals surface area contributed by atoms with Crippen LogP contribution in [0.25, 0.3) is 0 Å². The van der Waals surface area contributed by atoms with Crippen LogP contribution in [0.3, 0.4) is 0 Å². The maximum absolute atomic E-state index is 12.8. The molecule has 0 unspecified atom stereocenters. The summed E-state index contributed by atoms with van der Waals surface area (Å²) in [5, 5.41) is 6.31. The summed E-state index contributed by atoms with van der Waals surface area (Å²) in [7, 11) is 0. The van der Waals surface area contributed by atoms with E-state index in [9.17, 15) is 18.0 Å². The van der Waals surface area contributed by atoms with Gasteiger partial charge in [0.1, 0.15) is 0 Å². The fourth-order valence-corrected chi connectivity index (χ4v) is 2.26.